The van der Waals surface area contributed by atoms with E-state index in [2.05, 4.69) is 4.98 Å². The number of pyridine rings is 1. The van der Waals surface area contributed by atoms with Crippen LogP contribution in [0.2, 0.25) is 0 Å². The third-order valence-corrected chi connectivity index (χ3v) is 1.87. The van der Waals surface area contributed by atoms with E-state index < -0.39 is 6.56 Å². The van der Waals surface area contributed by atoms with Crippen molar-refractivity contribution in [1.29, 1.82) is 0 Å². The highest BCUT2D eigenvalue weighted by molar-refractivity contribution is 5.83. The van der Waals surface area contributed by atoms with E-state index in [4.69, 9.17) is 8.48 Å². The molecule has 0 spiro atoms. The zero-order chi connectivity index (χ0) is 11.1. The summed E-state index contributed by atoms with van der Waals surface area (Å²) in [5.74, 6) is 0.373. The molecule has 66 valence electrons. The summed E-state index contributed by atoms with van der Waals surface area (Å²) in [4.78, 5) is 4.05. The summed E-state index contributed by atoms with van der Waals surface area (Å²) in [6, 6.07) is 8.12. The second kappa shape index (κ2) is 3.03. The van der Waals surface area contributed by atoms with Crippen molar-refractivity contribution in [3.05, 3.63) is 35.9 Å². The lowest BCUT2D eigenvalue weighted by molar-refractivity contribution is 0.283. The number of rotatable bonds is 1. The van der Waals surface area contributed by atoms with E-state index in [9.17, 15) is 5.11 Å². The van der Waals surface area contributed by atoms with Crippen molar-refractivity contribution in [2.45, 2.75) is 6.56 Å². The first-order valence-electron chi connectivity index (χ1n) is 4.86. The largest absolute Gasteiger partial charge is 0.392 e. The standard InChI is InChI=1S/C10H10N2O/c11-10-5-4-8-7(6-13)2-1-3-9(8)12-10/h1-5,13H,6H2,(H2,11,12)/i6D2. The van der Waals surface area contributed by atoms with E-state index in [0.717, 1.165) is 0 Å². The third kappa shape index (κ3) is 1.34. The molecule has 3 nitrogen and oxygen atoms in total. The number of hydrogen-bond acceptors (Lipinski definition) is 3. The predicted molar refractivity (Wildman–Crippen MR) is 52.1 cm³/mol. The van der Waals surface area contributed by atoms with Crippen LogP contribution >= 0.6 is 0 Å². The normalized spacial score (nSPS) is 13.9. The summed E-state index contributed by atoms with van der Waals surface area (Å²) in [5, 5.41) is 9.90. The smallest absolute Gasteiger partial charge is 0.124 e. The molecule has 1 aromatic heterocycles. The lowest BCUT2D eigenvalue weighted by Gasteiger charge is -2.02. The van der Waals surface area contributed by atoms with Crippen LogP contribution in [-0.2, 0) is 6.56 Å². The molecular formula is C10H10N2O. The summed E-state index contributed by atoms with van der Waals surface area (Å²) < 4.78 is 14.5. The second-order valence-corrected chi connectivity index (χ2v) is 2.72. The van der Waals surface area contributed by atoms with Crippen LogP contribution in [0.1, 0.15) is 8.30 Å². The Bertz CT molecular complexity index is 508. The zero-order valence-electron chi connectivity index (χ0n) is 8.86. The molecule has 0 saturated heterocycles. The lowest BCUT2D eigenvalue weighted by atomic mass is 10.1. The topological polar surface area (TPSA) is 59.1 Å². The van der Waals surface area contributed by atoms with Crippen molar-refractivity contribution < 1.29 is 7.85 Å². The molecule has 2 rings (SSSR count). The SMILES string of the molecule is [2H]C([2H])(O)c1cccc2nc(N)ccc12. The summed E-state index contributed by atoms with van der Waals surface area (Å²) >= 11 is 0. The number of nitrogen functional groups attached to an aromatic ring is 1. The first-order valence-corrected chi connectivity index (χ1v) is 3.86. The van der Waals surface area contributed by atoms with Gasteiger partial charge in [-0.1, -0.05) is 12.1 Å². The van der Waals surface area contributed by atoms with Crippen molar-refractivity contribution >= 4 is 16.7 Å². The Hall–Kier alpha value is -1.61. The van der Waals surface area contributed by atoms with Crippen molar-refractivity contribution in [3.63, 3.8) is 0 Å². The van der Waals surface area contributed by atoms with Crippen LogP contribution in [0, 0.1) is 0 Å². The maximum atomic E-state index is 9.33. The van der Waals surface area contributed by atoms with Gasteiger partial charge in [-0.25, -0.2) is 4.98 Å². The average Bonchev–Trinajstić information content (AvgIpc) is 2.15. The van der Waals surface area contributed by atoms with Crippen LogP contribution < -0.4 is 5.73 Å². The number of benzene rings is 1. The Morgan fingerprint density at radius 3 is 3.00 bits per heavy atom. The third-order valence-electron chi connectivity index (χ3n) is 1.87. The van der Waals surface area contributed by atoms with Crippen LogP contribution in [0.25, 0.3) is 10.9 Å². The van der Waals surface area contributed by atoms with Crippen LogP contribution in [0.3, 0.4) is 0 Å². The van der Waals surface area contributed by atoms with Gasteiger partial charge in [-0.2, -0.15) is 0 Å². The monoisotopic (exact) mass is 176 g/mol. The number of aromatic nitrogens is 1. The predicted octanol–water partition coefficient (Wildman–Crippen LogP) is 1.31. The van der Waals surface area contributed by atoms with Gasteiger partial charge in [-0.3, -0.25) is 0 Å². The minimum absolute atomic E-state index is 0.201. The van der Waals surface area contributed by atoms with Gasteiger partial charge in [0.15, 0.2) is 0 Å². The van der Waals surface area contributed by atoms with Crippen LogP contribution in [-0.4, -0.2) is 10.1 Å². The molecule has 3 N–H and O–H groups in total. The van der Waals surface area contributed by atoms with Gasteiger partial charge in [0.1, 0.15) is 5.82 Å². The Morgan fingerprint density at radius 1 is 1.38 bits per heavy atom. The van der Waals surface area contributed by atoms with Crippen LogP contribution in [0.15, 0.2) is 30.3 Å². The minimum Gasteiger partial charge on any atom is -0.392 e. The molecule has 0 aliphatic heterocycles. The lowest BCUT2D eigenvalue weighted by Crippen LogP contribution is -1.92. The molecule has 0 atom stereocenters. The molecule has 0 saturated carbocycles. The van der Waals surface area contributed by atoms with Gasteiger partial charge < -0.3 is 10.8 Å². The molecule has 0 bridgehead atoms. The maximum absolute atomic E-state index is 9.33. The summed E-state index contributed by atoms with van der Waals surface area (Å²) in [5.41, 5.74) is 6.29. The van der Waals surface area contributed by atoms with Gasteiger partial charge in [0, 0.05) is 5.39 Å². The molecule has 0 aliphatic rings. The molecule has 3 heteroatoms. The fourth-order valence-electron chi connectivity index (χ4n) is 1.27. The molecule has 0 radical (unpaired) electrons. The number of nitrogens with two attached hydrogens (primary N) is 1. The highest BCUT2D eigenvalue weighted by Crippen LogP contribution is 2.17. The van der Waals surface area contributed by atoms with Crippen molar-refractivity contribution in [3.8, 4) is 0 Å². The Balaban J connectivity index is 2.77. The van der Waals surface area contributed by atoms with E-state index in [1.54, 1.807) is 24.3 Å². The van der Waals surface area contributed by atoms with Crippen molar-refractivity contribution in [2.24, 2.45) is 0 Å². The quantitative estimate of drug-likeness (QED) is 0.688. The van der Waals surface area contributed by atoms with Crippen LogP contribution in [0.4, 0.5) is 5.82 Å². The molecule has 0 unspecified atom stereocenters. The summed E-state index contributed by atoms with van der Waals surface area (Å²) in [6.45, 7) is -2.36. The number of fused-ring (bicyclic) bond motifs is 1. The van der Waals surface area contributed by atoms with E-state index in [1.807, 2.05) is 0 Å². The number of anilines is 1. The highest BCUT2D eigenvalue weighted by Gasteiger charge is 1.99. The fraction of sp³-hybridized carbons (Fsp3) is 0.100. The van der Waals surface area contributed by atoms with Crippen molar-refractivity contribution in [2.75, 3.05) is 5.73 Å². The second-order valence-electron chi connectivity index (χ2n) is 2.72. The number of aliphatic hydroxyl groups is 1. The molecular weight excluding hydrogens is 164 g/mol. The molecule has 1 aromatic carbocycles. The van der Waals surface area contributed by atoms with Gasteiger partial charge >= 0.3 is 0 Å². The van der Waals surface area contributed by atoms with Crippen molar-refractivity contribution in [1.82, 2.24) is 4.98 Å². The van der Waals surface area contributed by atoms with Gasteiger partial charge in [-0.05, 0) is 23.8 Å². The van der Waals surface area contributed by atoms with E-state index >= 15 is 0 Å². The maximum Gasteiger partial charge on any atom is 0.124 e. The average molecular weight is 176 g/mol. The van der Waals surface area contributed by atoms with E-state index in [0.29, 0.717) is 16.7 Å². The van der Waals surface area contributed by atoms with Crippen LogP contribution in [0.5, 0.6) is 0 Å². The number of nitrogens with zero attached hydrogens (tertiary/aromatic N) is 1. The van der Waals surface area contributed by atoms with Gasteiger partial charge in [0.2, 0.25) is 0 Å². The molecule has 0 amide bonds. The molecule has 2 aromatic rings. The molecule has 0 aliphatic carbocycles. The Labute approximate surface area is 78.6 Å². The summed E-state index contributed by atoms with van der Waals surface area (Å²) in [6.07, 6.45) is 0. The van der Waals surface area contributed by atoms with E-state index in [1.165, 1.54) is 6.07 Å². The summed E-state index contributed by atoms with van der Waals surface area (Å²) in [7, 11) is 0. The van der Waals surface area contributed by atoms with E-state index in [-0.39, 0.29) is 5.56 Å². The minimum atomic E-state index is -2.36. The fourth-order valence-corrected chi connectivity index (χ4v) is 1.27. The Morgan fingerprint density at radius 2 is 2.23 bits per heavy atom. The van der Waals surface area contributed by atoms with Gasteiger partial charge in [0.25, 0.3) is 0 Å². The molecule has 0 fully saturated rings. The zero-order valence-corrected chi connectivity index (χ0v) is 6.86. The van der Waals surface area contributed by atoms with Gasteiger partial charge in [0.05, 0.1) is 14.8 Å². The number of hydrogen-bond donors (Lipinski definition) is 2. The van der Waals surface area contributed by atoms with Gasteiger partial charge in [-0.15, -0.1) is 0 Å². The molecule has 1 heterocycles. The highest BCUT2D eigenvalue weighted by atomic mass is 16.3. The molecule has 13 heavy (non-hydrogen) atoms. The first kappa shape index (κ1) is 5.94. The Kier molecular flexibility index (Phi) is 1.38. The first-order chi connectivity index (χ1) is 6.98.